The standard InChI is InChI=1S/C33H39N7O/c1-2-3-5-10-25-15-17-26(18-16-25)33(41)34-19-20-40-23-29(38-39-40)12-6-4-7-14-31-32(37-24-36-31)28-21-27-11-8-9-13-30(27)35-22-28/h8-9,11,13,15-18,21-24H,2-7,10,12,14,19-20H2,1H3,(H,34,41)(H,36,37). The fourth-order valence-corrected chi connectivity index (χ4v) is 5.10. The minimum Gasteiger partial charge on any atom is -0.350 e. The van der Waals surface area contributed by atoms with Crippen molar-refractivity contribution in [2.24, 2.45) is 0 Å². The Kier molecular flexibility index (Phi) is 9.87. The Labute approximate surface area is 241 Å². The lowest BCUT2D eigenvalue weighted by Crippen LogP contribution is -2.27. The third-order valence-corrected chi connectivity index (χ3v) is 7.44. The van der Waals surface area contributed by atoms with Gasteiger partial charge in [-0.25, -0.2) is 4.98 Å². The van der Waals surface area contributed by atoms with Crippen LogP contribution in [0.1, 0.15) is 72.8 Å². The maximum absolute atomic E-state index is 12.5. The molecule has 2 N–H and O–H groups in total. The molecule has 5 aromatic rings. The molecule has 0 atom stereocenters. The second-order valence-electron chi connectivity index (χ2n) is 10.6. The maximum Gasteiger partial charge on any atom is 0.251 e. The summed E-state index contributed by atoms with van der Waals surface area (Å²) < 4.78 is 1.81. The lowest BCUT2D eigenvalue weighted by molar-refractivity contribution is 0.0952. The van der Waals surface area contributed by atoms with E-state index >= 15 is 0 Å². The molecular weight excluding hydrogens is 510 g/mol. The van der Waals surface area contributed by atoms with Crippen LogP contribution in [0.2, 0.25) is 0 Å². The van der Waals surface area contributed by atoms with Crippen molar-refractivity contribution in [2.75, 3.05) is 6.54 Å². The first-order valence-electron chi connectivity index (χ1n) is 14.8. The topological polar surface area (TPSA) is 101 Å². The molecule has 3 heterocycles. The van der Waals surface area contributed by atoms with E-state index in [1.165, 1.54) is 24.8 Å². The van der Waals surface area contributed by atoms with Crippen LogP contribution in [0.25, 0.3) is 22.2 Å². The van der Waals surface area contributed by atoms with Crippen LogP contribution in [0.3, 0.4) is 0 Å². The molecule has 0 saturated heterocycles. The fraction of sp³-hybridized carbons (Fsp3) is 0.364. The van der Waals surface area contributed by atoms with E-state index in [2.05, 4.69) is 61.8 Å². The van der Waals surface area contributed by atoms with Crippen LogP contribution in [0, 0.1) is 0 Å². The number of hydrogen-bond donors (Lipinski definition) is 2. The number of nitrogens with one attached hydrogen (secondary N) is 2. The fourth-order valence-electron chi connectivity index (χ4n) is 5.10. The van der Waals surface area contributed by atoms with Gasteiger partial charge in [-0.15, -0.1) is 5.10 Å². The molecule has 0 unspecified atom stereocenters. The number of fused-ring (bicyclic) bond motifs is 1. The van der Waals surface area contributed by atoms with Crippen LogP contribution < -0.4 is 5.32 Å². The van der Waals surface area contributed by atoms with Crippen molar-refractivity contribution in [2.45, 2.75) is 71.3 Å². The zero-order chi connectivity index (χ0) is 28.3. The summed E-state index contributed by atoms with van der Waals surface area (Å²) in [6, 6.07) is 18.3. The van der Waals surface area contributed by atoms with Gasteiger partial charge in [0.15, 0.2) is 0 Å². The molecule has 2 aromatic carbocycles. The number of hydrogen-bond acceptors (Lipinski definition) is 5. The highest BCUT2D eigenvalue weighted by Crippen LogP contribution is 2.24. The Morgan fingerprint density at radius 1 is 0.927 bits per heavy atom. The van der Waals surface area contributed by atoms with Gasteiger partial charge >= 0.3 is 0 Å². The van der Waals surface area contributed by atoms with Gasteiger partial charge < -0.3 is 10.3 Å². The van der Waals surface area contributed by atoms with Gasteiger partial charge in [-0.05, 0) is 68.4 Å². The Morgan fingerprint density at radius 2 is 1.76 bits per heavy atom. The predicted molar refractivity (Wildman–Crippen MR) is 163 cm³/mol. The van der Waals surface area contributed by atoms with Gasteiger partial charge in [0.2, 0.25) is 0 Å². The summed E-state index contributed by atoms with van der Waals surface area (Å²) in [5, 5.41) is 12.7. The number of carbonyl (C=O) groups is 1. The number of aromatic amines is 1. The lowest BCUT2D eigenvalue weighted by Gasteiger charge is -2.06. The van der Waals surface area contributed by atoms with Gasteiger partial charge in [0.05, 0.1) is 29.8 Å². The quantitative estimate of drug-likeness (QED) is 0.149. The van der Waals surface area contributed by atoms with Crippen molar-refractivity contribution in [3.05, 3.63) is 95.8 Å². The Morgan fingerprint density at radius 3 is 2.63 bits per heavy atom. The summed E-state index contributed by atoms with van der Waals surface area (Å²) in [6.07, 6.45) is 15.4. The van der Waals surface area contributed by atoms with Crippen molar-refractivity contribution in [1.29, 1.82) is 0 Å². The molecule has 0 saturated carbocycles. The molecule has 0 aliphatic heterocycles. The van der Waals surface area contributed by atoms with Crippen LogP contribution in [-0.2, 0) is 25.8 Å². The van der Waals surface area contributed by atoms with Gasteiger partial charge in [-0.2, -0.15) is 0 Å². The van der Waals surface area contributed by atoms with Gasteiger partial charge in [0, 0.05) is 41.1 Å². The highest BCUT2D eigenvalue weighted by atomic mass is 16.1. The smallest absolute Gasteiger partial charge is 0.251 e. The summed E-state index contributed by atoms with van der Waals surface area (Å²) in [5.41, 5.74) is 7.14. The second-order valence-corrected chi connectivity index (χ2v) is 10.6. The largest absolute Gasteiger partial charge is 0.350 e. The number of benzene rings is 2. The molecule has 0 aliphatic carbocycles. The van der Waals surface area contributed by atoms with Crippen molar-refractivity contribution in [1.82, 2.24) is 35.3 Å². The molecule has 0 bridgehead atoms. The molecule has 0 fully saturated rings. The number of imidazole rings is 1. The number of rotatable bonds is 15. The second kappa shape index (κ2) is 14.3. The number of unbranched alkanes of at least 4 members (excludes halogenated alkanes) is 4. The number of H-pyrrole nitrogens is 1. The van der Waals surface area contributed by atoms with Gasteiger partial charge in [0.25, 0.3) is 5.91 Å². The molecule has 3 aromatic heterocycles. The highest BCUT2D eigenvalue weighted by Gasteiger charge is 2.10. The van der Waals surface area contributed by atoms with E-state index in [0.717, 1.165) is 72.1 Å². The number of aryl methyl sites for hydroxylation is 3. The molecule has 1 amide bonds. The first-order chi connectivity index (χ1) is 20.2. The van der Waals surface area contributed by atoms with Gasteiger partial charge in [-0.3, -0.25) is 14.5 Å². The Bertz CT molecular complexity index is 1540. The van der Waals surface area contributed by atoms with Crippen LogP contribution in [-0.4, -0.2) is 42.4 Å². The first kappa shape index (κ1) is 28.2. The Balaban J connectivity index is 1.00. The van der Waals surface area contributed by atoms with Crippen molar-refractivity contribution in [3.63, 3.8) is 0 Å². The number of amides is 1. The van der Waals surface area contributed by atoms with E-state index in [4.69, 9.17) is 0 Å². The minimum absolute atomic E-state index is 0.0530. The number of aromatic nitrogens is 6. The molecule has 41 heavy (non-hydrogen) atoms. The van der Waals surface area contributed by atoms with E-state index in [1.54, 1.807) is 11.0 Å². The molecular formula is C33H39N7O. The number of carbonyl (C=O) groups excluding carboxylic acids is 1. The van der Waals surface area contributed by atoms with E-state index < -0.39 is 0 Å². The minimum atomic E-state index is -0.0530. The molecule has 8 nitrogen and oxygen atoms in total. The number of nitrogens with zero attached hydrogens (tertiary/aromatic N) is 5. The summed E-state index contributed by atoms with van der Waals surface area (Å²) in [7, 11) is 0. The highest BCUT2D eigenvalue weighted by molar-refractivity contribution is 5.94. The predicted octanol–water partition coefficient (Wildman–Crippen LogP) is 6.33. The average Bonchev–Trinajstić information content (AvgIpc) is 3.67. The van der Waals surface area contributed by atoms with Crippen LogP contribution >= 0.6 is 0 Å². The number of para-hydroxylation sites is 1. The van der Waals surface area contributed by atoms with E-state index in [1.807, 2.05) is 42.7 Å². The Hall–Kier alpha value is -4.33. The zero-order valence-electron chi connectivity index (χ0n) is 23.9. The molecule has 212 valence electrons. The monoisotopic (exact) mass is 549 g/mol. The molecule has 5 rings (SSSR count). The van der Waals surface area contributed by atoms with E-state index in [9.17, 15) is 4.79 Å². The third kappa shape index (κ3) is 7.87. The first-order valence-corrected chi connectivity index (χ1v) is 14.8. The summed E-state index contributed by atoms with van der Waals surface area (Å²) in [4.78, 5) is 25.0. The van der Waals surface area contributed by atoms with Gasteiger partial charge in [0.1, 0.15) is 0 Å². The van der Waals surface area contributed by atoms with Gasteiger partial charge in [-0.1, -0.05) is 61.7 Å². The summed E-state index contributed by atoms with van der Waals surface area (Å²) in [6.45, 7) is 3.32. The molecule has 0 spiro atoms. The van der Waals surface area contributed by atoms with Crippen LogP contribution in [0.15, 0.2) is 73.3 Å². The van der Waals surface area contributed by atoms with Crippen molar-refractivity contribution < 1.29 is 4.79 Å². The summed E-state index contributed by atoms with van der Waals surface area (Å²) >= 11 is 0. The summed E-state index contributed by atoms with van der Waals surface area (Å²) in [5.74, 6) is -0.0530. The van der Waals surface area contributed by atoms with Crippen LogP contribution in [0.4, 0.5) is 0 Å². The number of pyridine rings is 1. The van der Waals surface area contributed by atoms with Crippen molar-refractivity contribution >= 4 is 16.8 Å². The molecule has 0 radical (unpaired) electrons. The van der Waals surface area contributed by atoms with E-state index in [-0.39, 0.29) is 5.91 Å². The van der Waals surface area contributed by atoms with Crippen LogP contribution in [0.5, 0.6) is 0 Å². The third-order valence-electron chi connectivity index (χ3n) is 7.44. The average molecular weight is 550 g/mol. The lowest BCUT2D eigenvalue weighted by atomic mass is 10.0. The van der Waals surface area contributed by atoms with E-state index in [0.29, 0.717) is 18.7 Å². The SMILES string of the molecule is CCCCCc1ccc(C(=O)NCCn2cc(CCCCCc3[nH]cnc3-c3cnc4ccccc4c3)nn2)cc1. The normalized spacial score (nSPS) is 11.2. The molecule has 0 aliphatic rings. The maximum atomic E-state index is 12.5. The van der Waals surface area contributed by atoms with Crippen molar-refractivity contribution in [3.8, 4) is 11.3 Å². The molecule has 8 heteroatoms. The zero-order valence-corrected chi connectivity index (χ0v) is 23.9.